The largest absolute Gasteiger partial charge is 0.493 e. The van der Waals surface area contributed by atoms with Crippen molar-refractivity contribution in [2.24, 2.45) is 5.92 Å². The van der Waals surface area contributed by atoms with Gasteiger partial charge in [0.2, 0.25) is 5.00 Å². The molecule has 1 amide bonds. The van der Waals surface area contributed by atoms with E-state index in [1.54, 1.807) is 17.2 Å². The summed E-state index contributed by atoms with van der Waals surface area (Å²) in [4.78, 5) is 20.5. The molecule has 2 atom stereocenters. The molecule has 2 saturated heterocycles. The number of benzene rings is 1. The van der Waals surface area contributed by atoms with Crippen LogP contribution >= 0.6 is 0 Å². The van der Waals surface area contributed by atoms with Crippen molar-refractivity contribution in [3.8, 4) is 16.9 Å². The maximum atomic E-state index is 14.5. The zero-order chi connectivity index (χ0) is 26.6. The number of nitrogens with zero attached hydrogens (tertiary/aromatic N) is 3. The Kier molecular flexibility index (Phi) is 8.50. The Morgan fingerprint density at radius 3 is 2.38 bits per heavy atom. The normalized spacial score (nSPS) is 21.4. The van der Waals surface area contributed by atoms with Gasteiger partial charge in [0, 0.05) is 37.7 Å². The Hall–Kier alpha value is -2.56. The zero-order valence-corrected chi connectivity index (χ0v) is 22.3. The minimum Gasteiger partial charge on any atom is -0.493 e. The number of alkyl halides is 1. The third-order valence-corrected chi connectivity index (χ3v) is 9.00. The molecule has 1 unspecified atom stereocenters. The van der Waals surface area contributed by atoms with E-state index in [1.807, 2.05) is 35.2 Å². The molecular weight excluding hydrogens is 497 g/mol. The molecule has 0 bridgehead atoms. The monoisotopic (exact) mass is 533 g/mol. The van der Waals surface area contributed by atoms with E-state index < -0.39 is 20.9 Å². The van der Waals surface area contributed by atoms with Crippen molar-refractivity contribution < 1.29 is 27.4 Å². The van der Waals surface area contributed by atoms with Crippen LogP contribution in [0.3, 0.4) is 0 Å². The summed E-state index contributed by atoms with van der Waals surface area (Å²) in [7, 11) is -3.76. The first-order valence-electron chi connectivity index (χ1n) is 12.8. The summed E-state index contributed by atoms with van der Waals surface area (Å²) in [5.74, 6) is 0.923. The van der Waals surface area contributed by atoms with Crippen LogP contribution in [0.15, 0.2) is 42.6 Å². The molecule has 1 aromatic carbocycles. The number of carbonyl (C=O) groups is 1. The fourth-order valence-electron chi connectivity index (χ4n) is 4.78. The quantitative estimate of drug-likeness (QED) is 0.556. The van der Waals surface area contributed by atoms with E-state index in [9.17, 15) is 22.7 Å². The van der Waals surface area contributed by atoms with Crippen LogP contribution in [0, 0.1) is 5.92 Å². The number of aliphatic hydroxyl groups is 1. The number of aliphatic hydroxyl groups excluding tert-OH is 1. The van der Waals surface area contributed by atoms with Gasteiger partial charge in [-0.25, -0.2) is 12.8 Å². The number of β-amino-alcohol motifs (C(OH)–C–C–N with tert-alkyl or cyclic N) is 1. The molecule has 3 heterocycles. The molecule has 0 spiro atoms. The second-order valence-corrected chi connectivity index (χ2v) is 12.8. The number of carbonyl (C=O) groups excluding carboxylic acids is 1. The first-order chi connectivity index (χ1) is 17.5. The SMILES string of the molecule is C[C@](F)(CN1CCC(COc2ccc(-c3ccc(C(=O)N4CCCC(O)C4)nc3)cc2)CC1)S(C)(=O)=O. The summed E-state index contributed by atoms with van der Waals surface area (Å²) in [6, 6.07) is 11.3. The highest BCUT2D eigenvalue weighted by molar-refractivity contribution is 7.91. The van der Waals surface area contributed by atoms with Gasteiger partial charge in [0.15, 0.2) is 9.84 Å². The summed E-state index contributed by atoms with van der Waals surface area (Å²) in [6.07, 6.45) is 5.32. The molecule has 8 nitrogen and oxygen atoms in total. The Balaban J connectivity index is 1.25. The van der Waals surface area contributed by atoms with E-state index in [1.165, 1.54) is 0 Å². The number of pyridine rings is 1. The lowest BCUT2D eigenvalue weighted by molar-refractivity contribution is 0.0469. The highest BCUT2D eigenvalue weighted by Crippen LogP contribution is 2.26. The maximum Gasteiger partial charge on any atom is 0.272 e. The molecule has 4 rings (SSSR count). The Labute approximate surface area is 218 Å². The smallest absolute Gasteiger partial charge is 0.272 e. The number of aromatic nitrogens is 1. The van der Waals surface area contributed by atoms with Crippen molar-refractivity contribution in [2.45, 2.75) is 43.7 Å². The van der Waals surface area contributed by atoms with Crippen LogP contribution < -0.4 is 4.74 Å². The van der Waals surface area contributed by atoms with Crippen LogP contribution in [0.5, 0.6) is 5.75 Å². The van der Waals surface area contributed by atoms with Gasteiger partial charge in [0.05, 0.1) is 12.7 Å². The molecule has 0 aliphatic carbocycles. The molecule has 1 aromatic heterocycles. The second-order valence-electron chi connectivity index (χ2n) is 10.4. The van der Waals surface area contributed by atoms with E-state index >= 15 is 0 Å². The number of sulfone groups is 1. The van der Waals surface area contributed by atoms with Gasteiger partial charge >= 0.3 is 0 Å². The summed E-state index contributed by atoms with van der Waals surface area (Å²) in [6.45, 7) is 3.86. The number of amides is 1. The molecule has 10 heteroatoms. The van der Waals surface area contributed by atoms with Gasteiger partial charge in [0.1, 0.15) is 11.4 Å². The molecule has 1 N–H and O–H groups in total. The van der Waals surface area contributed by atoms with Gasteiger partial charge in [-0.15, -0.1) is 0 Å². The van der Waals surface area contributed by atoms with Crippen LogP contribution in [0.2, 0.25) is 0 Å². The van der Waals surface area contributed by atoms with Gasteiger partial charge in [-0.1, -0.05) is 18.2 Å². The number of ether oxygens (including phenoxy) is 1. The zero-order valence-electron chi connectivity index (χ0n) is 21.5. The van der Waals surface area contributed by atoms with Gasteiger partial charge in [-0.05, 0) is 75.4 Å². The van der Waals surface area contributed by atoms with E-state index in [-0.39, 0.29) is 12.5 Å². The van der Waals surface area contributed by atoms with E-state index in [0.29, 0.717) is 44.4 Å². The van der Waals surface area contributed by atoms with Crippen molar-refractivity contribution in [3.63, 3.8) is 0 Å². The van der Waals surface area contributed by atoms with Gasteiger partial charge < -0.3 is 14.7 Å². The molecule has 2 aliphatic heterocycles. The summed E-state index contributed by atoms with van der Waals surface area (Å²) in [5.41, 5.74) is 2.22. The second kappa shape index (κ2) is 11.4. The molecule has 0 radical (unpaired) electrons. The highest BCUT2D eigenvalue weighted by Gasteiger charge is 2.38. The summed E-state index contributed by atoms with van der Waals surface area (Å²) >= 11 is 0. The van der Waals surface area contributed by atoms with Crippen LogP contribution in [0.4, 0.5) is 4.39 Å². The average Bonchev–Trinajstić information content (AvgIpc) is 2.87. The predicted molar refractivity (Wildman–Crippen MR) is 140 cm³/mol. The molecular formula is C27H36FN3O5S. The fraction of sp³-hybridized carbons (Fsp3) is 0.556. The lowest BCUT2D eigenvalue weighted by atomic mass is 9.97. The van der Waals surface area contributed by atoms with Crippen molar-refractivity contribution in [1.82, 2.24) is 14.8 Å². The number of hydrogen-bond donors (Lipinski definition) is 1. The van der Waals surface area contributed by atoms with Crippen molar-refractivity contribution in [1.29, 1.82) is 0 Å². The van der Waals surface area contributed by atoms with Crippen molar-refractivity contribution >= 4 is 15.7 Å². The topological polar surface area (TPSA) is 100 Å². The minimum atomic E-state index is -3.76. The van der Waals surface area contributed by atoms with Crippen LogP contribution in [-0.4, -0.2) is 90.9 Å². The summed E-state index contributed by atoms with van der Waals surface area (Å²) in [5, 5.41) is 7.58. The highest BCUT2D eigenvalue weighted by atomic mass is 32.2. The van der Waals surface area contributed by atoms with Crippen LogP contribution in [0.1, 0.15) is 43.1 Å². The number of piperidine rings is 2. The fourth-order valence-corrected chi connectivity index (χ4v) is 5.19. The van der Waals surface area contributed by atoms with Gasteiger partial charge in [0.25, 0.3) is 5.91 Å². The number of rotatable bonds is 8. The number of likely N-dealkylation sites (tertiary alicyclic amines) is 2. The lowest BCUT2D eigenvalue weighted by Crippen LogP contribution is -2.46. The lowest BCUT2D eigenvalue weighted by Gasteiger charge is -2.34. The van der Waals surface area contributed by atoms with Crippen LogP contribution in [-0.2, 0) is 9.84 Å². The predicted octanol–water partition coefficient (Wildman–Crippen LogP) is 3.17. The van der Waals surface area contributed by atoms with E-state index in [4.69, 9.17) is 4.74 Å². The molecule has 2 fully saturated rings. The molecule has 37 heavy (non-hydrogen) atoms. The number of halogens is 1. The van der Waals surface area contributed by atoms with Crippen LogP contribution in [0.25, 0.3) is 11.1 Å². The van der Waals surface area contributed by atoms with E-state index in [2.05, 4.69) is 4.98 Å². The third kappa shape index (κ3) is 7.06. The Morgan fingerprint density at radius 1 is 1.11 bits per heavy atom. The minimum absolute atomic E-state index is 0.105. The van der Waals surface area contributed by atoms with Gasteiger partial charge in [-0.3, -0.25) is 14.7 Å². The van der Waals surface area contributed by atoms with E-state index in [0.717, 1.165) is 55.7 Å². The number of hydrogen-bond acceptors (Lipinski definition) is 7. The Bertz CT molecular complexity index is 1160. The Morgan fingerprint density at radius 2 is 1.78 bits per heavy atom. The maximum absolute atomic E-state index is 14.5. The molecule has 0 saturated carbocycles. The third-order valence-electron chi connectivity index (χ3n) is 7.33. The standard InChI is InChI=1S/C27H36FN3O5S/c1-27(28,37(2,34)35)19-30-14-11-20(12-15-30)18-36-24-8-5-21(6-9-24)22-7-10-25(29-16-22)26(33)31-13-3-4-23(32)17-31/h5-10,16,20,23,32H,3-4,11-15,17-19H2,1-2H3/t23?,27-/m1/s1. The van der Waals surface area contributed by atoms with Crippen molar-refractivity contribution in [3.05, 3.63) is 48.3 Å². The average molecular weight is 534 g/mol. The molecule has 202 valence electrons. The van der Waals surface area contributed by atoms with Crippen molar-refractivity contribution in [2.75, 3.05) is 45.6 Å². The molecule has 2 aromatic rings. The van der Waals surface area contributed by atoms with Gasteiger partial charge in [-0.2, -0.15) is 0 Å². The summed E-state index contributed by atoms with van der Waals surface area (Å²) < 4.78 is 43.7. The first kappa shape index (κ1) is 27.5. The first-order valence-corrected chi connectivity index (χ1v) is 14.7. The molecule has 2 aliphatic rings.